The molecule has 0 spiro atoms. The van der Waals surface area contributed by atoms with E-state index in [1.54, 1.807) is 19.1 Å². The predicted octanol–water partition coefficient (Wildman–Crippen LogP) is 3.15. The van der Waals surface area contributed by atoms with Gasteiger partial charge in [-0.1, -0.05) is 25.0 Å². The highest BCUT2D eigenvalue weighted by Crippen LogP contribution is 2.33. The van der Waals surface area contributed by atoms with Gasteiger partial charge in [0.15, 0.2) is 0 Å². The third kappa shape index (κ3) is 2.20. The molecule has 0 radical (unpaired) electrons. The van der Waals surface area contributed by atoms with E-state index in [0.717, 1.165) is 31.2 Å². The summed E-state index contributed by atoms with van der Waals surface area (Å²) < 4.78 is 13.4. The van der Waals surface area contributed by atoms with E-state index in [2.05, 4.69) is 0 Å². The molecule has 1 fully saturated rings. The molecular weight excluding hydrogens is 191 g/mol. The molecule has 0 amide bonds. The normalized spacial score (nSPS) is 26.6. The average Bonchev–Trinajstić information content (AvgIpc) is 2.23. The second-order valence-corrected chi connectivity index (χ2v) is 4.47. The molecule has 0 aromatic heterocycles. The minimum Gasteiger partial charge on any atom is -0.392 e. The number of halogens is 1. The maximum atomic E-state index is 13.4. The SMILES string of the molecule is Cc1ccc([C@@H]2CCCC[C@H]2O)cc1F. The summed E-state index contributed by atoms with van der Waals surface area (Å²) in [5, 5.41) is 9.86. The highest BCUT2D eigenvalue weighted by molar-refractivity contribution is 5.27. The van der Waals surface area contributed by atoms with E-state index in [1.165, 1.54) is 0 Å². The monoisotopic (exact) mass is 208 g/mol. The number of aliphatic hydroxyl groups is 1. The zero-order valence-corrected chi connectivity index (χ0v) is 9.04. The third-order valence-corrected chi connectivity index (χ3v) is 3.35. The van der Waals surface area contributed by atoms with Crippen LogP contribution in [0, 0.1) is 12.7 Å². The van der Waals surface area contributed by atoms with Crippen LogP contribution in [0.1, 0.15) is 42.7 Å². The Balaban J connectivity index is 2.24. The summed E-state index contributed by atoms with van der Waals surface area (Å²) in [5.41, 5.74) is 1.62. The van der Waals surface area contributed by atoms with Gasteiger partial charge in [-0.2, -0.15) is 0 Å². The topological polar surface area (TPSA) is 20.2 Å². The lowest BCUT2D eigenvalue weighted by atomic mass is 9.81. The van der Waals surface area contributed by atoms with Crippen LogP contribution in [0.3, 0.4) is 0 Å². The van der Waals surface area contributed by atoms with Gasteiger partial charge in [0.25, 0.3) is 0 Å². The highest BCUT2D eigenvalue weighted by atomic mass is 19.1. The van der Waals surface area contributed by atoms with Crippen LogP contribution in [-0.4, -0.2) is 11.2 Å². The first-order chi connectivity index (χ1) is 7.18. The summed E-state index contributed by atoms with van der Waals surface area (Å²) in [6, 6.07) is 5.32. The zero-order chi connectivity index (χ0) is 10.8. The zero-order valence-electron chi connectivity index (χ0n) is 9.04. The molecule has 82 valence electrons. The van der Waals surface area contributed by atoms with Gasteiger partial charge < -0.3 is 5.11 Å². The first kappa shape index (κ1) is 10.6. The Morgan fingerprint density at radius 3 is 2.67 bits per heavy atom. The molecule has 0 aliphatic heterocycles. The molecule has 1 aliphatic carbocycles. The van der Waals surface area contributed by atoms with E-state index < -0.39 is 0 Å². The quantitative estimate of drug-likeness (QED) is 0.751. The van der Waals surface area contributed by atoms with Gasteiger partial charge in [0, 0.05) is 5.92 Å². The molecule has 1 N–H and O–H groups in total. The lowest BCUT2D eigenvalue weighted by Crippen LogP contribution is -2.22. The molecule has 2 heteroatoms. The number of hydrogen-bond donors (Lipinski definition) is 1. The fraction of sp³-hybridized carbons (Fsp3) is 0.538. The van der Waals surface area contributed by atoms with Crippen molar-refractivity contribution < 1.29 is 9.50 Å². The first-order valence-electron chi connectivity index (χ1n) is 5.62. The fourth-order valence-electron chi connectivity index (χ4n) is 2.34. The molecule has 2 atom stereocenters. The summed E-state index contributed by atoms with van der Waals surface area (Å²) in [7, 11) is 0. The number of aliphatic hydroxyl groups excluding tert-OH is 1. The van der Waals surface area contributed by atoms with Gasteiger partial charge in [-0.05, 0) is 37.0 Å². The molecule has 0 heterocycles. The van der Waals surface area contributed by atoms with Gasteiger partial charge in [-0.25, -0.2) is 4.39 Å². The van der Waals surface area contributed by atoms with Gasteiger partial charge in [0.2, 0.25) is 0 Å². The van der Waals surface area contributed by atoms with Crippen LogP contribution in [0.2, 0.25) is 0 Å². The molecule has 1 aromatic carbocycles. The maximum absolute atomic E-state index is 13.4. The summed E-state index contributed by atoms with van der Waals surface area (Å²) in [5.74, 6) is -0.0286. The van der Waals surface area contributed by atoms with Gasteiger partial charge in [0.05, 0.1) is 6.10 Å². The fourth-order valence-corrected chi connectivity index (χ4v) is 2.34. The Kier molecular flexibility index (Phi) is 3.06. The lowest BCUT2D eigenvalue weighted by molar-refractivity contribution is 0.106. The van der Waals surface area contributed by atoms with E-state index in [4.69, 9.17) is 0 Å². The van der Waals surface area contributed by atoms with E-state index in [9.17, 15) is 9.50 Å². The molecule has 1 aliphatic rings. The van der Waals surface area contributed by atoms with Crippen molar-refractivity contribution in [3.8, 4) is 0 Å². The highest BCUT2D eigenvalue weighted by Gasteiger charge is 2.24. The standard InChI is InChI=1S/C13H17FO/c1-9-6-7-10(8-12(9)14)11-4-2-3-5-13(11)15/h6-8,11,13,15H,2-5H2,1H3/t11-,13+/m0/s1. The van der Waals surface area contributed by atoms with Crippen molar-refractivity contribution in [3.05, 3.63) is 35.1 Å². The average molecular weight is 208 g/mol. The summed E-state index contributed by atoms with van der Waals surface area (Å²) in [6.07, 6.45) is 3.76. The second-order valence-electron chi connectivity index (χ2n) is 4.47. The van der Waals surface area contributed by atoms with E-state index >= 15 is 0 Å². The molecule has 15 heavy (non-hydrogen) atoms. The molecule has 1 aromatic rings. The van der Waals surface area contributed by atoms with E-state index in [-0.39, 0.29) is 17.8 Å². The number of benzene rings is 1. The van der Waals surface area contributed by atoms with Crippen LogP contribution in [0.15, 0.2) is 18.2 Å². The van der Waals surface area contributed by atoms with Crippen molar-refractivity contribution in [3.63, 3.8) is 0 Å². The van der Waals surface area contributed by atoms with Crippen LogP contribution < -0.4 is 0 Å². The Labute approximate surface area is 89.9 Å². The van der Waals surface area contributed by atoms with Gasteiger partial charge in [0.1, 0.15) is 5.82 Å². The lowest BCUT2D eigenvalue weighted by Gasteiger charge is -2.28. The number of hydrogen-bond acceptors (Lipinski definition) is 1. The minimum atomic E-state index is -0.291. The van der Waals surface area contributed by atoms with E-state index in [1.807, 2.05) is 6.07 Å². The second kappa shape index (κ2) is 4.31. The molecule has 1 saturated carbocycles. The van der Waals surface area contributed by atoms with Crippen LogP contribution >= 0.6 is 0 Å². The van der Waals surface area contributed by atoms with Crippen LogP contribution in [0.25, 0.3) is 0 Å². The Bertz CT molecular complexity index is 348. The van der Waals surface area contributed by atoms with Crippen molar-refractivity contribution in [2.24, 2.45) is 0 Å². The Hall–Kier alpha value is -0.890. The predicted molar refractivity (Wildman–Crippen MR) is 58.4 cm³/mol. The molecule has 0 unspecified atom stereocenters. The van der Waals surface area contributed by atoms with Crippen molar-refractivity contribution in [2.75, 3.05) is 0 Å². The van der Waals surface area contributed by atoms with Crippen molar-refractivity contribution in [2.45, 2.75) is 44.6 Å². The maximum Gasteiger partial charge on any atom is 0.126 e. The van der Waals surface area contributed by atoms with E-state index in [0.29, 0.717) is 5.56 Å². The Morgan fingerprint density at radius 1 is 1.27 bits per heavy atom. The van der Waals surface area contributed by atoms with Crippen LogP contribution in [0.4, 0.5) is 4.39 Å². The van der Waals surface area contributed by atoms with Crippen molar-refractivity contribution in [1.82, 2.24) is 0 Å². The van der Waals surface area contributed by atoms with Gasteiger partial charge >= 0.3 is 0 Å². The van der Waals surface area contributed by atoms with Crippen LogP contribution in [0.5, 0.6) is 0 Å². The summed E-state index contributed by atoms with van der Waals surface area (Å²) in [6.45, 7) is 1.76. The van der Waals surface area contributed by atoms with Crippen molar-refractivity contribution in [1.29, 1.82) is 0 Å². The van der Waals surface area contributed by atoms with Gasteiger partial charge in [-0.15, -0.1) is 0 Å². The molecule has 0 saturated heterocycles. The van der Waals surface area contributed by atoms with Crippen molar-refractivity contribution >= 4 is 0 Å². The summed E-state index contributed by atoms with van der Waals surface area (Å²) in [4.78, 5) is 0. The number of aryl methyl sites for hydroxylation is 1. The molecule has 2 rings (SSSR count). The Morgan fingerprint density at radius 2 is 2.00 bits per heavy atom. The van der Waals surface area contributed by atoms with Gasteiger partial charge in [-0.3, -0.25) is 0 Å². The molecule has 1 nitrogen and oxygen atoms in total. The largest absolute Gasteiger partial charge is 0.392 e. The third-order valence-electron chi connectivity index (χ3n) is 3.35. The van der Waals surface area contributed by atoms with Crippen LogP contribution in [-0.2, 0) is 0 Å². The number of rotatable bonds is 1. The first-order valence-corrected chi connectivity index (χ1v) is 5.62. The molecular formula is C13H17FO. The minimum absolute atomic E-state index is 0.133. The summed E-state index contributed by atoms with van der Waals surface area (Å²) >= 11 is 0. The molecule has 0 bridgehead atoms. The smallest absolute Gasteiger partial charge is 0.126 e.